The Bertz CT molecular complexity index is 1400. The number of carbonyl (C=O) groups is 7. The molecule has 1 aromatic carbocycles. The van der Waals surface area contributed by atoms with E-state index < -0.39 is 41.3 Å². The van der Waals surface area contributed by atoms with E-state index in [1.165, 1.54) is 19.9 Å². The number of ether oxygens (including phenoxy) is 2. The third-order valence-electron chi connectivity index (χ3n) is 8.90. The maximum absolute atomic E-state index is 13.6. The number of hydrogen-bond acceptors (Lipinski definition) is 10. The summed E-state index contributed by atoms with van der Waals surface area (Å²) in [5.41, 5.74) is 4.99. The van der Waals surface area contributed by atoms with E-state index >= 15 is 0 Å². The summed E-state index contributed by atoms with van der Waals surface area (Å²) in [6.45, 7) is 1.64. The van der Waals surface area contributed by atoms with Crippen LogP contribution >= 0.6 is 10.1 Å². The Morgan fingerprint density at radius 1 is 1.04 bits per heavy atom. The number of anilines is 1. The van der Waals surface area contributed by atoms with Gasteiger partial charge in [-0.15, -0.1) is 0 Å². The molecule has 8 amide bonds. The molecule has 6 N–H and O–H groups in total. The molecule has 2 fully saturated rings. The van der Waals surface area contributed by atoms with E-state index in [9.17, 15) is 33.6 Å². The van der Waals surface area contributed by atoms with E-state index in [0.717, 1.165) is 0 Å². The summed E-state index contributed by atoms with van der Waals surface area (Å²) in [4.78, 5) is 90.7. The Labute approximate surface area is 309 Å². The zero-order valence-corrected chi connectivity index (χ0v) is 31.2. The zero-order valence-electron chi connectivity index (χ0n) is 29.2. The summed E-state index contributed by atoms with van der Waals surface area (Å²) in [6.07, 6.45) is 3.45. The number of carbonyl (C=O) groups excluding carboxylic acids is 7. The second-order valence-electron chi connectivity index (χ2n) is 12.6. The van der Waals surface area contributed by atoms with E-state index in [1.807, 2.05) is 0 Å². The number of likely N-dealkylation sites (tertiary alicyclic amines) is 1. The first-order valence-corrected chi connectivity index (χ1v) is 19.4. The number of rotatable bonds is 21. The number of unbranched alkanes of at least 4 members (excludes halogenated alkanes) is 2. The number of methoxy groups -OCH3 is 1. The van der Waals surface area contributed by atoms with Gasteiger partial charge in [-0.05, 0) is 62.6 Å². The zero-order chi connectivity index (χ0) is 37.4. The van der Waals surface area contributed by atoms with Crippen LogP contribution in [-0.4, -0.2) is 125 Å². The van der Waals surface area contributed by atoms with Crippen molar-refractivity contribution < 1.29 is 43.0 Å². The summed E-state index contributed by atoms with van der Waals surface area (Å²) < 4.78 is 10.3. The van der Waals surface area contributed by atoms with E-state index in [-0.39, 0.29) is 43.1 Å². The van der Waals surface area contributed by atoms with Crippen LogP contribution in [0.3, 0.4) is 0 Å². The largest absolute Gasteiger partial charge is 0.445 e. The van der Waals surface area contributed by atoms with Gasteiger partial charge in [0.15, 0.2) is 0 Å². The molecule has 0 bridgehead atoms. The molecule has 1 aromatic rings. The summed E-state index contributed by atoms with van der Waals surface area (Å²) >= 11 is 2.42. The van der Waals surface area contributed by atoms with Gasteiger partial charge in [0.1, 0.15) is 18.1 Å². The maximum Gasteiger partial charge on any atom is 0.409 e. The van der Waals surface area contributed by atoms with Gasteiger partial charge in [-0.2, -0.15) is 0 Å². The van der Waals surface area contributed by atoms with Gasteiger partial charge >= 0.3 is 12.1 Å². The van der Waals surface area contributed by atoms with Crippen molar-refractivity contribution in [1.82, 2.24) is 25.8 Å². The van der Waals surface area contributed by atoms with Crippen LogP contribution in [0.15, 0.2) is 24.3 Å². The molecule has 1 saturated heterocycles. The number of nitrogens with zero attached hydrogens (tertiary/aromatic N) is 2. The Morgan fingerprint density at radius 3 is 2.35 bits per heavy atom. The number of benzene rings is 1. The molecule has 2 unspecified atom stereocenters. The first kappa shape index (κ1) is 41.6. The van der Waals surface area contributed by atoms with Crippen molar-refractivity contribution in [2.24, 2.45) is 11.1 Å². The highest BCUT2D eigenvalue weighted by atomic mass is 32.3. The first-order chi connectivity index (χ1) is 24.4. The molecule has 2 radical (unpaired) electrons. The second-order valence-corrected chi connectivity index (χ2v) is 14.2. The molecule has 2 aliphatic rings. The maximum atomic E-state index is 13.6. The summed E-state index contributed by atoms with van der Waals surface area (Å²) in [5, 5.41) is 10.5. The van der Waals surface area contributed by atoms with Gasteiger partial charge in [0.25, 0.3) is 0 Å². The summed E-state index contributed by atoms with van der Waals surface area (Å²) in [6, 6.07) is 4.96. The van der Waals surface area contributed by atoms with Crippen molar-refractivity contribution >= 4 is 72.6 Å². The lowest BCUT2D eigenvalue weighted by atomic mass is 9.67. The van der Waals surface area contributed by atoms with Crippen LogP contribution in [0.25, 0.3) is 0 Å². The van der Waals surface area contributed by atoms with Crippen LogP contribution < -0.4 is 27.0 Å². The van der Waals surface area contributed by atoms with Crippen LogP contribution in [0, 0.1) is 5.41 Å². The Balaban J connectivity index is 1.52. The van der Waals surface area contributed by atoms with Gasteiger partial charge in [-0.25, -0.2) is 9.59 Å². The van der Waals surface area contributed by atoms with Crippen LogP contribution in [0.2, 0.25) is 0 Å². The first-order valence-electron chi connectivity index (χ1n) is 17.0. The smallest absolute Gasteiger partial charge is 0.409 e. The highest BCUT2D eigenvalue weighted by Gasteiger charge is 2.51. The number of imide groups is 1. The average Bonchev–Trinajstić information content (AvgIpc) is 3.36. The van der Waals surface area contributed by atoms with Gasteiger partial charge < -0.3 is 41.4 Å². The molecule has 1 aliphatic carbocycles. The van der Waals surface area contributed by atoms with Gasteiger partial charge in [0, 0.05) is 52.4 Å². The normalized spacial score (nSPS) is 16.8. The van der Waals surface area contributed by atoms with Crippen molar-refractivity contribution in [2.75, 3.05) is 52.3 Å². The number of amides is 8. The van der Waals surface area contributed by atoms with Crippen LogP contribution in [-0.2, 0) is 40.1 Å². The van der Waals surface area contributed by atoms with Crippen molar-refractivity contribution in [3.05, 3.63) is 29.8 Å². The molecule has 1 heterocycles. The quantitative estimate of drug-likeness (QED) is 0.0524. The molecule has 0 spiro atoms. The van der Waals surface area contributed by atoms with Crippen LogP contribution in [0.4, 0.5) is 15.3 Å². The minimum absolute atomic E-state index is 0.0266. The molecule has 1 saturated carbocycles. The lowest BCUT2D eigenvalue weighted by molar-refractivity contribution is -0.151. The number of nitrogens with one attached hydrogen (secondary N) is 4. The number of likely N-dealkylation sites (N-methyl/N-ethyl adjacent to an activating group) is 1. The molecule has 3 rings (SSSR count). The predicted octanol–water partition coefficient (Wildman–Crippen LogP) is 1.17. The number of primary amides is 1. The van der Waals surface area contributed by atoms with Gasteiger partial charge in [-0.1, -0.05) is 18.6 Å². The topological polar surface area (TPSA) is 219 Å². The minimum atomic E-state index is -1.31. The summed E-state index contributed by atoms with van der Waals surface area (Å²) in [5.74, 6) is -1.80. The Kier molecular flexibility index (Phi) is 17.0. The average molecular weight is 746 g/mol. The van der Waals surface area contributed by atoms with Gasteiger partial charge in [-0.3, -0.25) is 39.0 Å². The fourth-order valence-corrected chi connectivity index (χ4v) is 6.72. The van der Waals surface area contributed by atoms with E-state index in [4.69, 9.17) is 15.2 Å². The lowest BCUT2D eigenvalue weighted by Crippen LogP contribution is -2.58. The number of nitrogens with two attached hydrogens (primary N) is 1. The molecule has 16 nitrogen and oxygen atoms in total. The highest BCUT2D eigenvalue weighted by Crippen LogP contribution is 2.41. The minimum Gasteiger partial charge on any atom is -0.445 e. The Hall–Kier alpha value is -3.85. The highest BCUT2D eigenvalue weighted by molar-refractivity contribution is 8.20. The van der Waals surface area contributed by atoms with Crippen molar-refractivity contribution in [3.8, 4) is 0 Å². The molecule has 1 aliphatic heterocycles. The van der Waals surface area contributed by atoms with Gasteiger partial charge in [0.05, 0.1) is 11.9 Å². The molecule has 278 valence electrons. The molecule has 0 aromatic heterocycles. The monoisotopic (exact) mass is 745 g/mol. The van der Waals surface area contributed by atoms with Crippen LogP contribution in [0.1, 0.15) is 63.4 Å². The van der Waals surface area contributed by atoms with E-state index in [0.29, 0.717) is 82.4 Å². The molecule has 18 heteroatoms. The standard InChI is InChI=1S/C33H49N7O9S.Al/c1-39(18-19-48-2)32(47)49-21-22-9-11-23(12-10-22)37-27(42)24(8-6-16-36-31(34)46)38-30(45)33(13-7-14-33)29(44)35-15-4-3-5-17-40-26(41)20-25(50)28(40)43;/h9-12,24-25,50H,3-8,13-21H2,1-2H3,(H,35,44)(H,37,42)(H,38,45)(H3,34,36,46);/q;+1/p-1. The SMILES string of the molecule is COCCN(C)C(=O)OCc1ccc(NC(=O)C(CCCNC(N)=O)NC(=O)C2(C(=O)NCCCCCN3C(=O)CC([S][Al])C3=O)CCC2)cc1. The van der Waals surface area contributed by atoms with Crippen molar-refractivity contribution in [1.29, 1.82) is 0 Å². The number of urea groups is 1. The number of hydrogen-bond donors (Lipinski definition) is 5. The van der Waals surface area contributed by atoms with E-state index in [2.05, 4.69) is 36.4 Å². The Morgan fingerprint density at radius 2 is 1.75 bits per heavy atom. The fraction of sp³-hybridized carbons (Fsp3) is 0.606. The van der Waals surface area contributed by atoms with Gasteiger partial charge in [0.2, 0.25) is 44.7 Å². The molecule has 51 heavy (non-hydrogen) atoms. The molecular weight excluding hydrogens is 697 g/mol. The fourth-order valence-electron chi connectivity index (χ4n) is 5.60. The van der Waals surface area contributed by atoms with Crippen LogP contribution in [0.5, 0.6) is 0 Å². The van der Waals surface area contributed by atoms with E-state index in [1.54, 1.807) is 38.4 Å². The summed E-state index contributed by atoms with van der Waals surface area (Å²) in [7, 11) is 4.44. The second kappa shape index (κ2) is 20.9. The van der Waals surface area contributed by atoms with Crippen molar-refractivity contribution in [2.45, 2.75) is 75.7 Å². The molecule has 2 atom stereocenters. The van der Waals surface area contributed by atoms with Crippen molar-refractivity contribution in [3.63, 3.8) is 0 Å². The predicted molar refractivity (Wildman–Crippen MR) is 190 cm³/mol. The lowest BCUT2D eigenvalue weighted by Gasteiger charge is -2.39. The third-order valence-corrected chi connectivity index (χ3v) is 10.6. The third kappa shape index (κ3) is 12.4. The molecular formula is C33H48AlN7O9S.